The Kier molecular flexibility index (Phi) is 13.3. The van der Waals surface area contributed by atoms with Crippen LogP contribution in [0.15, 0.2) is 340 Å². The molecule has 0 saturated carbocycles. The van der Waals surface area contributed by atoms with Crippen molar-refractivity contribution in [2.45, 2.75) is 38.5 Å². The fourth-order valence-electron chi connectivity index (χ4n) is 17.6. The first kappa shape index (κ1) is 60.5. The van der Waals surface area contributed by atoms with Gasteiger partial charge in [-0.15, -0.1) is 0 Å². The minimum atomic E-state index is -0.146. The van der Waals surface area contributed by atoms with Gasteiger partial charge in [-0.1, -0.05) is 295 Å². The number of hydrogen-bond donors (Lipinski definition) is 0. The van der Waals surface area contributed by atoms with E-state index in [1.165, 1.54) is 77.1 Å². The quantitative estimate of drug-likeness (QED) is 0.137. The molecule has 0 unspecified atom stereocenters. The van der Waals surface area contributed by atoms with E-state index >= 15 is 0 Å². The van der Waals surface area contributed by atoms with Crippen molar-refractivity contribution in [2.24, 2.45) is 0 Å². The predicted molar refractivity (Wildman–Crippen MR) is 436 cm³/mol. The van der Waals surface area contributed by atoms with Crippen molar-refractivity contribution in [1.29, 1.82) is 0 Å². The molecule has 4 aromatic heterocycles. The number of nitrogens with zero attached hydrogens (tertiary/aromatic N) is 6. The zero-order valence-electron chi connectivity index (χ0n) is 58.5. The lowest BCUT2D eigenvalue weighted by Gasteiger charge is -2.22. The van der Waals surface area contributed by atoms with E-state index in [1.54, 1.807) is 0 Å². The van der Waals surface area contributed by atoms with Crippen LogP contribution in [0.3, 0.4) is 0 Å². The van der Waals surface area contributed by atoms with Crippen LogP contribution in [0.2, 0.25) is 0 Å². The van der Waals surface area contributed by atoms with Gasteiger partial charge in [0.25, 0.3) is 0 Å². The molecule has 0 saturated heterocycles. The monoisotopic (exact) mass is 1340 g/mol. The molecule has 19 aromatic rings. The minimum Gasteiger partial charge on any atom is -0.309 e. The highest BCUT2D eigenvalue weighted by Crippen LogP contribution is 2.52. The van der Waals surface area contributed by atoms with E-state index in [0.29, 0.717) is 17.5 Å². The molecule has 6 nitrogen and oxygen atoms in total. The summed E-state index contributed by atoms with van der Waals surface area (Å²) in [7, 11) is 0. The average Bonchev–Trinajstić information content (AvgIpc) is 1.58. The van der Waals surface area contributed by atoms with Crippen molar-refractivity contribution in [1.82, 2.24) is 28.7 Å². The average molecular weight is 1340 g/mol. The minimum absolute atomic E-state index is 0.146. The molecule has 0 amide bonds. The maximum atomic E-state index is 5.39. The van der Waals surface area contributed by atoms with Gasteiger partial charge in [-0.3, -0.25) is 0 Å². The summed E-state index contributed by atoms with van der Waals surface area (Å²) in [6.45, 7) is 9.47. The Labute approximate surface area is 608 Å². The first-order valence-corrected chi connectivity index (χ1v) is 36.4. The molecule has 0 atom stereocenters. The standard InChI is InChI=1S/C99H68N6/c1-98(2)85-30-15-11-26-75(85)77-52-46-73(59-87(77)98)103-89-32-17-13-28-79(89)81-48-42-67(55-91(81)103)69-44-50-83-84-51-45-70(68-43-49-82-80-29-14-18-33-90(80)104(92(82)56-68)74-47-53-78-76-27-12-16-31-86(76)99(3,4)88(78)60-74)58-94(84)105(93(83)57-69)72-25-19-24-71(54-72)97-101-95(65-38-34-63(35-39-65)61-20-7-5-8-21-61)100-96(102-97)66-40-36-64(37-41-66)62-22-9-6-10-23-62/h5-60H,1-4H3. The lowest BCUT2D eigenvalue weighted by atomic mass is 9.82. The third-order valence-electron chi connectivity index (χ3n) is 22.9. The smallest absolute Gasteiger partial charge is 0.164 e. The van der Waals surface area contributed by atoms with Crippen LogP contribution in [-0.4, -0.2) is 28.7 Å². The SMILES string of the molecule is CC1(C)c2ccccc2-c2ccc(-n3c4ccccc4c4ccc(-c5ccc6c7ccc(-c8ccc9c%10ccccc%10n(-c%10ccc%11c(c%10)C(C)(C)c%10ccccc%10-%11)c9c8)cc7n(-c7cccc(-c8nc(-c9ccc(-c%10ccccc%10)cc9)nc(-c9ccc(-c%10ccccc%10)cc9)n8)c7)c6c5)cc43)cc21. The van der Waals surface area contributed by atoms with E-state index in [4.69, 9.17) is 15.0 Å². The molecule has 2 aliphatic carbocycles. The largest absolute Gasteiger partial charge is 0.309 e. The van der Waals surface area contributed by atoms with Crippen LogP contribution in [0.1, 0.15) is 49.9 Å². The summed E-state index contributed by atoms with van der Waals surface area (Å²) in [6, 6.07) is 125. The second-order valence-corrected chi connectivity index (χ2v) is 29.5. The number of para-hydroxylation sites is 2. The van der Waals surface area contributed by atoms with Gasteiger partial charge in [0, 0.05) is 76.9 Å². The zero-order chi connectivity index (χ0) is 69.8. The molecule has 0 spiro atoms. The molecule has 0 aliphatic heterocycles. The van der Waals surface area contributed by atoms with Crippen molar-refractivity contribution < 1.29 is 0 Å². The van der Waals surface area contributed by atoms with Crippen molar-refractivity contribution in [3.63, 3.8) is 0 Å². The van der Waals surface area contributed by atoms with Crippen LogP contribution in [0.25, 0.3) is 183 Å². The Bertz CT molecular complexity index is 6420. The molecule has 15 aromatic carbocycles. The van der Waals surface area contributed by atoms with Gasteiger partial charge in [-0.25, -0.2) is 15.0 Å². The van der Waals surface area contributed by atoms with Crippen molar-refractivity contribution in [2.75, 3.05) is 0 Å². The van der Waals surface area contributed by atoms with E-state index in [0.717, 1.165) is 111 Å². The molecular formula is C99H68N6. The summed E-state index contributed by atoms with van der Waals surface area (Å²) >= 11 is 0. The summed E-state index contributed by atoms with van der Waals surface area (Å²) in [6.07, 6.45) is 0. The van der Waals surface area contributed by atoms with Crippen LogP contribution < -0.4 is 0 Å². The van der Waals surface area contributed by atoms with Crippen LogP contribution >= 0.6 is 0 Å². The Morgan fingerprint density at radius 1 is 0.190 bits per heavy atom. The van der Waals surface area contributed by atoms with Crippen LogP contribution in [-0.2, 0) is 10.8 Å². The zero-order valence-corrected chi connectivity index (χ0v) is 58.5. The molecule has 0 bridgehead atoms. The summed E-state index contributed by atoms with van der Waals surface area (Å²) in [4.78, 5) is 16.1. The molecule has 6 heteroatoms. The number of aromatic nitrogens is 6. The van der Waals surface area contributed by atoms with Gasteiger partial charge in [0.15, 0.2) is 17.5 Å². The topological polar surface area (TPSA) is 53.5 Å². The molecule has 21 rings (SSSR count). The van der Waals surface area contributed by atoms with Crippen LogP contribution in [0.4, 0.5) is 0 Å². The molecule has 0 radical (unpaired) electrons. The molecular weight excluding hydrogens is 1270 g/mol. The van der Waals surface area contributed by atoms with Crippen molar-refractivity contribution >= 4 is 65.4 Å². The van der Waals surface area contributed by atoms with Gasteiger partial charge in [0.05, 0.1) is 33.1 Å². The summed E-state index contributed by atoms with van der Waals surface area (Å²) < 4.78 is 7.43. The Hall–Kier alpha value is -13.3. The number of hydrogen-bond acceptors (Lipinski definition) is 3. The van der Waals surface area contributed by atoms with E-state index < -0.39 is 0 Å². The fraction of sp³-hybridized carbons (Fsp3) is 0.0606. The third-order valence-corrected chi connectivity index (χ3v) is 22.9. The Morgan fingerprint density at radius 3 is 0.905 bits per heavy atom. The highest BCUT2D eigenvalue weighted by Gasteiger charge is 2.37. The van der Waals surface area contributed by atoms with Crippen molar-refractivity contribution in [3.05, 3.63) is 362 Å². The molecule has 2 aliphatic rings. The predicted octanol–water partition coefficient (Wildman–Crippen LogP) is 25.4. The Balaban J connectivity index is 0.745. The first-order chi connectivity index (χ1) is 51.5. The van der Waals surface area contributed by atoms with Gasteiger partial charge in [0.1, 0.15) is 0 Å². The maximum Gasteiger partial charge on any atom is 0.164 e. The summed E-state index contributed by atoms with van der Waals surface area (Å²) in [5.41, 5.74) is 32.3. The summed E-state index contributed by atoms with van der Waals surface area (Å²) in [5.74, 6) is 1.78. The highest BCUT2D eigenvalue weighted by atomic mass is 15.0. The van der Waals surface area contributed by atoms with Gasteiger partial charge in [0.2, 0.25) is 0 Å². The normalized spacial score (nSPS) is 13.3. The van der Waals surface area contributed by atoms with Crippen LogP contribution in [0, 0.1) is 0 Å². The molecule has 0 fully saturated rings. The third kappa shape index (κ3) is 9.46. The van der Waals surface area contributed by atoms with Gasteiger partial charge in [-0.05, 0) is 162 Å². The first-order valence-electron chi connectivity index (χ1n) is 36.4. The second kappa shape index (κ2) is 23.1. The fourth-order valence-corrected chi connectivity index (χ4v) is 17.6. The van der Waals surface area contributed by atoms with E-state index in [2.05, 4.69) is 381 Å². The molecule has 494 valence electrons. The van der Waals surface area contributed by atoms with E-state index in [1.807, 2.05) is 0 Å². The van der Waals surface area contributed by atoms with E-state index in [-0.39, 0.29) is 10.8 Å². The maximum absolute atomic E-state index is 5.39. The van der Waals surface area contributed by atoms with E-state index in [9.17, 15) is 0 Å². The lowest BCUT2D eigenvalue weighted by molar-refractivity contribution is 0.660. The molecule has 4 heterocycles. The lowest BCUT2D eigenvalue weighted by Crippen LogP contribution is -2.15. The van der Waals surface area contributed by atoms with Gasteiger partial charge < -0.3 is 13.7 Å². The number of fused-ring (bicyclic) bond motifs is 15. The van der Waals surface area contributed by atoms with Crippen molar-refractivity contribution in [3.8, 4) is 118 Å². The van der Waals surface area contributed by atoms with Crippen LogP contribution in [0.5, 0.6) is 0 Å². The molecule has 0 N–H and O–H groups in total. The number of benzene rings is 15. The van der Waals surface area contributed by atoms with Gasteiger partial charge in [-0.2, -0.15) is 0 Å². The Morgan fingerprint density at radius 2 is 0.486 bits per heavy atom. The highest BCUT2D eigenvalue weighted by molar-refractivity contribution is 6.14. The summed E-state index contributed by atoms with van der Waals surface area (Å²) in [5, 5.41) is 7.20. The van der Waals surface area contributed by atoms with Gasteiger partial charge >= 0.3 is 0 Å². The second-order valence-electron chi connectivity index (χ2n) is 29.5. The number of rotatable bonds is 10. The molecule has 105 heavy (non-hydrogen) atoms.